The maximum atomic E-state index is 12.3. The second-order valence-corrected chi connectivity index (χ2v) is 8.02. The highest BCUT2D eigenvalue weighted by molar-refractivity contribution is 7.22. The predicted octanol–water partition coefficient (Wildman–Crippen LogP) is 4.54. The molecular formula is C23H24N2O5S. The number of hydrogen-bond acceptors (Lipinski definition) is 7. The summed E-state index contributed by atoms with van der Waals surface area (Å²) < 4.78 is 11.5. The van der Waals surface area contributed by atoms with Crippen LogP contribution in [0.1, 0.15) is 42.6 Å². The number of aromatic nitrogens is 1. The van der Waals surface area contributed by atoms with Crippen molar-refractivity contribution in [3.05, 3.63) is 53.6 Å². The van der Waals surface area contributed by atoms with Crippen LogP contribution < -0.4 is 10.1 Å². The van der Waals surface area contributed by atoms with Gasteiger partial charge in [0.05, 0.1) is 23.2 Å². The maximum absolute atomic E-state index is 12.3. The van der Waals surface area contributed by atoms with Gasteiger partial charge in [0.15, 0.2) is 11.2 Å². The first-order valence-electron chi connectivity index (χ1n) is 9.99. The average molecular weight is 441 g/mol. The van der Waals surface area contributed by atoms with E-state index in [2.05, 4.69) is 10.3 Å². The number of ether oxygens (including phenoxy) is 2. The van der Waals surface area contributed by atoms with E-state index >= 15 is 0 Å². The Labute approximate surface area is 184 Å². The van der Waals surface area contributed by atoms with Crippen molar-refractivity contribution in [1.29, 1.82) is 0 Å². The summed E-state index contributed by atoms with van der Waals surface area (Å²) in [7, 11) is 0. The first-order valence-corrected chi connectivity index (χ1v) is 10.8. The number of amides is 1. The van der Waals surface area contributed by atoms with Crippen molar-refractivity contribution in [3.8, 4) is 5.75 Å². The van der Waals surface area contributed by atoms with E-state index in [0.717, 1.165) is 21.5 Å². The Bertz CT molecular complexity index is 1090. The van der Waals surface area contributed by atoms with E-state index in [1.165, 1.54) is 18.3 Å². The molecule has 0 bridgehead atoms. The van der Waals surface area contributed by atoms with Gasteiger partial charge in [-0.3, -0.25) is 14.4 Å². The quantitative estimate of drug-likeness (QED) is 0.388. The summed E-state index contributed by atoms with van der Waals surface area (Å²) in [5.41, 5.74) is 2.27. The van der Waals surface area contributed by atoms with E-state index in [-0.39, 0.29) is 24.5 Å². The zero-order chi connectivity index (χ0) is 22.4. The van der Waals surface area contributed by atoms with Crippen LogP contribution in [-0.4, -0.2) is 35.4 Å². The van der Waals surface area contributed by atoms with Gasteiger partial charge >= 0.3 is 5.97 Å². The van der Waals surface area contributed by atoms with Gasteiger partial charge in [-0.15, -0.1) is 0 Å². The van der Waals surface area contributed by atoms with E-state index < -0.39 is 12.1 Å². The van der Waals surface area contributed by atoms with Gasteiger partial charge in [0, 0.05) is 12.0 Å². The number of thiazole rings is 1. The lowest BCUT2D eigenvalue weighted by Gasteiger charge is -2.12. The summed E-state index contributed by atoms with van der Waals surface area (Å²) in [5, 5.41) is 3.15. The van der Waals surface area contributed by atoms with Crippen LogP contribution in [-0.2, 0) is 14.3 Å². The summed E-state index contributed by atoms with van der Waals surface area (Å²) in [6, 6.07) is 12.6. The standard InChI is InChI=1S/C23H24N2O5S/c1-4-29-17-9-10-18-19(13-17)31-23(24-18)25-20(26)11-12-21(27)30-15(3)22(28)16-7-5-14(2)6-8-16/h5-10,13,15H,4,11-12H2,1-3H3,(H,24,25,26). The fraction of sp³-hybridized carbons (Fsp3) is 0.304. The highest BCUT2D eigenvalue weighted by Gasteiger charge is 2.20. The zero-order valence-corrected chi connectivity index (χ0v) is 18.5. The summed E-state index contributed by atoms with van der Waals surface area (Å²) in [6.07, 6.45) is -1.11. The van der Waals surface area contributed by atoms with Gasteiger partial charge in [0.25, 0.3) is 0 Å². The van der Waals surface area contributed by atoms with Crippen molar-refractivity contribution in [2.75, 3.05) is 11.9 Å². The van der Waals surface area contributed by atoms with Gasteiger partial charge in [-0.25, -0.2) is 4.98 Å². The van der Waals surface area contributed by atoms with Crippen molar-refractivity contribution in [2.24, 2.45) is 0 Å². The molecule has 162 valence electrons. The molecule has 1 amide bonds. The zero-order valence-electron chi connectivity index (χ0n) is 17.6. The number of carbonyl (C=O) groups is 3. The molecule has 1 N–H and O–H groups in total. The smallest absolute Gasteiger partial charge is 0.307 e. The number of Topliss-reactive ketones (excluding diaryl/α,β-unsaturated/α-hetero) is 1. The summed E-state index contributed by atoms with van der Waals surface area (Å²) in [4.78, 5) is 41.0. The van der Waals surface area contributed by atoms with E-state index in [1.54, 1.807) is 12.1 Å². The molecule has 0 spiro atoms. The van der Waals surface area contributed by atoms with Crippen LogP contribution in [0.2, 0.25) is 0 Å². The Hall–Kier alpha value is -3.26. The Balaban J connectivity index is 1.48. The van der Waals surface area contributed by atoms with Crippen LogP contribution in [0.4, 0.5) is 5.13 Å². The largest absolute Gasteiger partial charge is 0.494 e. The van der Waals surface area contributed by atoms with Crippen molar-refractivity contribution >= 4 is 44.3 Å². The monoisotopic (exact) mass is 440 g/mol. The molecule has 8 heteroatoms. The number of esters is 1. The molecule has 1 unspecified atom stereocenters. The minimum Gasteiger partial charge on any atom is -0.494 e. The van der Waals surface area contributed by atoms with Crippen LogP contribution in [0.15, 0.2) is 42.5 Å². The molecule has 1 heterocycles. The van der Waals surface area contributed by atoms with Crippen LogP contribution in [0.5, 0.6) is 5.75 Å². The van der Waals surface area contributed by atoms with Crippen molar-refractivity contribution < 1.29 is 23.9 Å². The van der Waals surface area contributed by atoms with E-state index in [4.69, 9.17) is 9.47 Å². The van der Waals surface area contributed by atoms with Gasteiger partial charge in [0.1, 0.15) is 5.75 Å². The molecule has 31 heavy (non-hydrogen) atoms. The van der Waals surface area contributed by atoms with Gasteiger partial charge in [-0.2, -0.15) is 0 Å². The van der Waals surface area contributed by atoms with Gasteiger partial charge in [-0.1, -0.05) is 41.2 Å². The second-order valence-electron chi connectivity index (χ2n) is 6.99. The molecule has 0 saturated carbocycles. The third-order valence-corrected chi connectivity index (χ3v) is 5.42. The minimum absolute atomic E-state index is 0.0651. The van der Waals surface area contributed by atoms with Crippen LogP contribution in [0.25, 0.3) is 10.2 Å². The van der Waals surface area contributed by atoms with E-state index in [1.807, 2.05) is 44.2 Å². The summed E-state index contributed by atoms with van der Waals surface area (Å²) in [5.74, 6) is -0.486. The topological polar surface area (TPSA) is 94.6 Å². The van der Waals surface area contributed by atoms with E-state index in [9.17, 15) is 14.4 Å². The normalized spacial score (nSPS) is 11.7. The third kappa shape index (κ3) is 6.11. The summed E-state index contributed by atoms with van der Waals surface area (Å²) in [6.45, 7) is 5.93. The molecule has 0 radical (unpaired) electrons. The number of ketones is 1. The van der Waals surface area contributed by atoms with E-state index in [0.29, 0.717) is 17.3 Å². The first kappa shape index (κ1) is 22.4. The fourth-order valence-corrected chi connectivity index (χ4v) is 3.78. The molecule has 7 nitrogen and oxygen atoms in total. The number of carbonyl (C=O) groups excluding carboxylic acids is 3. The molecular weight excluding hydrogens is 416 g/mol. The molecule has 0 aliphatic carbocycles. The Morgan fingerprint density at radius 2 is 1.84 bits per heavy atom. The lowest BCUT2D eigenvalue weighted by atomic mass is 10.1. The molecule has 1 aromatic heterocycles. The van der Waals surface area contributed by atoms with Crippen LogP contribution in [0, 0.1) is 6.92 Å². The van der Waals surface area contributed by atoms with Crippen molar-refractivity contribution in [3.63, 3.8) is 0 Å². The lowest BCUT2D eigenvalue weighted by Crippen LogP contribution is -2.25. The van der Waals surface area contributed by atoms with Gasteiger partial charge in [-0.05, 0) is 39.0 Å². The SMILES string of the molecule is CCOc1ccc2nc(NC(=O)CCC(=O)OC(C)C(=O)c3ccc(C)cc3)sc2c1. The number of fused-ring (bicyclic) bond motifs is 1. The van der Waals surface area contributed by atoms with Crippen LogP contribution in [0.3, 0.4) is 0 Å². The number of anilines is 1. The first-order chi connectivity index (χ1) is 14.9. The number of nitrogens with one attached hydrogen (secondary N) is 1. The number of benzene rings is 2. The fourth-order valence-electron chi connectivity index (χ4n) is 2.87. The number of rotatable bonds is 9. The minimum atomic E-state index is -0.915. The van der Waals surface area contributed by atoms with Crippen molar-refractivity contribution in [2.45, 2.75) is 39.7 Å². The lowest BCUT2D eigenvalue weighted by molar-refractivity contribution is -0.147. The highest BCUT2D eigenvalue weighted by atomic mass is 32.1. The maximum Gasteiger partial charge on any atom is 0.307 e. The number of aryl methyl sites for hydroxylation is 1. The number of nitrogens with zero attached hydrogens (tertiary/aromatic N) is 1. The third-order valence-electron chi connectivity index (χ3n) is 4.49. The van der Waals surface area contributed by atoms with Gasteiger partial charge < -0.3 is 14.8 Å². The van der Waals surface area contributed by atoms with Gasteiger partial charge in [0.2, 0.25) is 11.7 Å². The molecule has 0 aliphatic heterocycles. The van der Waals surface area contributed by atoms with Crippen LogP contribution >= 0.6 is 11.3 Å². The van der Waals surface area contributed by atoms with Crippen molar-refractivity contribution in [1.82, 2.24) is 4.98 Å². The molecule has 0 aliphatic rings. The molecule has 3 rings (SSSR count). The molecule has 3 aromatic rings. The Morgan fingerprint density at radius 1 is 1.10 bits per heavy atom. The number of hydrogen-bond donors (Lipinski definition) is 1. The Morgan fingerprint density at radius 3 is 2.55 bits per heavy atom. The Kier molecular flexibility index (Phi) is 7.36. The molecule has 0 saturated heterocycles. The summed E-state index contributed by atoms with van der Waals surface area (Å²) >= 11 is 1.33. The second kappa shape index (κ2) is 10.2. The average Bonchev–Trinajstić information content (AvgIpc) is 3.14. The highest BCUT2D eigenvalue weighted by Crippen LogP contribution is 2.29. The predicted molar refractivity (Wildman–Crippen MR) is 120 cm³/mol. The molecule has 0 fully saturated rings. The molecule has 2 aromatic carbocycles. The molecule has 1 atom stereocenters.